The fourth-order valence-electron chi connectivity index (χ4n) is 4.60. The van der Waals surface area contributed by atoms with Crippen LogP contribution in [0.4, 0.5) is 17.1 Å². The van der Waals surface area contributed by atoms with Crippen molar-refractivity contribution in [2.75, 3.05) is 4.90 Å². The van der Waals surface area contributed by atoms with E-state index in [-0.39, 0.29) is 35.9 Å². The number of nitro benzene ring substituents is 2. The van der Waals surface area contributed by atoms with E-state index in [0.717, 1.165) is 0 Å². The maximum atomic E-state index is 13.3. The molecule has 2 aliphatic rings. The highest BCUT2D eigenvalue weighted by molar-refractivity contribution is 6.08. The van der Waals surface area contributed by atoms with Crippen LogP contribution in [0.25, 0.3) is 0 Å². The smallest absolute Gasteiger partial charge is 0.271 e. The first-order valence-electron chi connectivity index (χ1n) is 10.2. The quantitative estimate of drug-likeness (QED) is 0.508. The number of anilines is 1. The van der Waals surface area contributed by atoms with E-state index in [0.29, 0.717) is 28.9 Å². The third kappa shape index (κ3) is 3.77. The summed E-state index contributed by atoms with van der Waals surface area (Å²) in [5, 5.41) is 22.5. The van der Waals surface area contributed by atoms with Gasteiger partial charge in [-0.05, 0) is 23.5 Å². The second kappa shape index (κ2) is 7.67. The fraction of sp³-hybridized carbons (Fsp3) is 0.304. The molecule has 0 radical (unpaired) electrons. The van der Waals surface area contributed by atoms with E-state index in [9.17, 15) is 29.8 Å². The van der Waals surface area contributed by atoms with Crippen molar-refractivity contribution < 1.29 is 19.4 Å². The monoisotopic (exact) mass is 435 g/mol. The number of carbonyl (C=O) groups excluding carboxylic acids is 2. The molecule has 4 rings (SSSR count). The van der Waals surface area contributed by atoms with Crippen molar-refractivity contribution in [1.82, 2.24) is 0 Å². The summed E-state index contributed by atoms with van der Waals surface area (Å²) in [6.45, 7) is 3.86. The molecule has 0 saturated heterocycles. The zero-order valence-electron chi connectivity index (χ0n) is 17.6. The van der Waals surface area contributed by atoms with Crippen LogP contribution >= 0.6 is 0 Å². The largest absolute Gasteiger partial charge is 0.294 e. The van der Waals surface area contributed by atoms with Crippen molar-refractivity contribution in [1.29, 1.82) is 0 Å². The van der Waals surface area contributed by atoms with E-state index in [1.54, 1.807) is 18.2 Å². The number of hydrogen-bond donors (Lipinski definition) is 0. The van der Waals surface area contributed by atoms with Crippen molar-refractivity contribution in [3.8, 4) is 0 Å². The molecular formula is C23H21N3O6. The molecule has 2 aromatic rings. The van der Waals surface area contributed by atoms with Crippen LogP contribution < -0.4 is 4.90 Å². The maximum absolute atomic E-state index is 13.3. The van der Waals surface area contributed by atoms with Gasteiger partial charge in [-0.15, -0.1) is 0 Å². The number of ketones is 1. The average molecular weight is 435 g/mol. The van der Waals surface area contributed by atoms with Crippen LogP contribution in [0.3, 0.4) is 0 Å². The van der Waals surface area contributed by atoms with Crippen molar-refractivity contribution in [2.45, 2.75) is 39.0 Å². The number of non-ortho nitro benzene ring substituents is 2. The first-order chi connectivity index (χ1) is 15.1. The van der Waals surface area contributed by atoms with Crippen LogP contribution in [0.15, 0.2) is 59.8 Å². The van der Waals surface area contributed by atoms with Crippen molar-refractivity contribution in [2.24, 2.45) is 5.41 Å². The Morgan fingerprint density at radius 2 is 1.56 bits per heavy atom. The van der Waals surface area contributed by atoms with E-state index in [2.05, 4.69) is 0 Å². The molecular weight excluding hydrogens is 414 g/mol. The summed E-state index contributed by atoms with van der Waals surface area (Å²) in [5.41, 5.74) is 1.17. The summed E-state index contributed by atoms with van der Waals surface area (Å²) in [5.74, 6) is -1.03. The molecule has 9 heteroatoms. The molecule has 164 valence electrons. The maximum Gasteiger partial charge on any atom is 0.271 e. The van der Waals surface area contributed by atoms with Crippen LogP contribution in [0.2, 0.25) is 0 Å². The number of rotatable bonds is 4. The van der Waals surface area contributed by atoms with Gasteiger partial charge in [-0.3, -0.25) is 34.7 Å². The van der Waals surface area contributed by atoms with E-state index in [4.69, 9.17) is 0 Å². The number of amides is 1. The van der Waals surface area contributed by atoms with Crippen LogP contribution in [0.1, 0.15) is 44.6 Å². The predicted molar refractivity (Wildman–Crippen MR) is 116 cm³/mol. The van der Waals surface area contributed by atoms with Gasteiger partial charge >= 0.3 is 0 Å². The van der Waals surface area contributed by atoms with Gasteiger partial charge in [0.25, 0.3) is 11.4 Å². The molecule has 0 N–H and O–H groups in total. The molecule has 1 aliphatic heterocycles. The van der Waals surface area contributed by atoms with E-state index < -0.39 is 21.2 Å². The molecule has 0 bridgehead atoms. The molecule has 0 saturated carbocycles. The Morgan fingerprint density at radius 3 is 2.22 bits per heavy atom. The second-order valence-electron chi connectivity index (χ2n) is 8.92. The molecule has 1 atom stereocenters. The molecule has 1 aliphatic carbocycles. The van der Waals surface area contributed by atoms with Gasteiger partial charge in [0.2, 0.25) is 5.91 Å². The molecule has 9 nitrogen and oxygen atoms in total. The van der Waals surface area contributed by atoms with Gasteiger partial charge in [-0.25, -0.2) is 0 Å². The molecule has 0 aromatic heterocycles. The van der Waals surface area contributed by atoms with E-state index >= 15 is 0 Å². The van der Waals surface area contributed by atoms with E-state index in [1.807, 2.05) is 13.8 Å². The normalized spacial score (nSPS) is 20.2. The zero-order valence-corrected chi connectivity index (χ0v) is 17.6. The molecule has 1 unspecified atom stereocenters. The lowest BCUT2D eigenvalue weighted by atomic mass is 9.69. The highest BCUT2D eigenvalue weighted by Gasteiger charge is 2.44. The highest BCUT2D eigenvalue weighted by atomic mass is 16.6. The van der Waals surface area contributed by atoms with Crippen LogP contribution in [0.5, 0.6) is 0 Å². The lowest BCUT2D eigenvalue weighted by Crippen LogP contribution is -2.43. The summed E-state index contributed by atoms with van der Waals surface area (Å²) < 4.78 is 0. The molecule has 32 heavy (non-hydrogen) atoms. The highest BCUT2D eigenvalue weighted by Crippen LogP contribution is 2.48. The van der Waals surface area contributed by atoms with Gasteiger partial charge in [0, 0.05) is 54.3 Å². The minimum Gasteiger partial charge on any atom is -0.294 e. The van der Waals surface area contributed by atoms with Crippen LogP contribution in [-0.4, -0.2) is 21.5 Å². The molecule has 1 amide bonds. The van der Waals surface area contributed by atoms with Gasteiger partial charge in [0.05, 0.1) is 15.5 Å². The number of hydrogen-bond acceptors (Lipinski definition) is 6. The SMILES string of the molecule is CC1(C)CC(=O)C2=C(C1)N(c1cccc([N+](=O)[O-])c1)C(=O)CC2c1cccc([N+](=O)[O-])c1. The fourth-order valence-corrected chi connectivity index (χ4v) is 4.60. The van der Waals surface area contributed by atoms with E-state index in [1.165, 1.54) is 35.2 Å². The average Bonchev–Trinajstić information content (AvgIpc) is 2.72. The molecule has 1 heterocycles. The van der Waals surface area contributed by atoms with Crippen LogP contribution in [0, 0.1) is 25.6 Å². The minimum atomic E-state index is -0.601. The first kappa shape index (κ1) is 21.4. The Balaban J connectivity index is 1.90. The minimum absolute atomic E-state index is 0.0607. The summed E-state index contributed by atoms with van der Waals surface area (Å²) >= 11 is 0. The Hall–Kier alpha value is -3.88. The Kier molecular flexibility index (Phi) is 5.12. The second-order valence-corrected chi connectivity index (χ2v) is 8.92. The van der Waals surface area contributed by atoms with Crippen molar-refractivity contribution in [3.63, 3.8) is 0 Å². The summed E-state index contributed by atoms with van der Waals surface area (Å²) in [7, 11) is 0. The predicted octanol–water partition coefficient (Wildman–Crippen LogP) is 4.67. The van der Waals surface area contributed by atoms with Gasteiger partial charge in [-0.1, -0.05) is 32.0 Å². The van der Waals surface area contributed by atoms with Crippen molar-refractivity contribution in [3.05, 3.63) is 85.6 Å². The van der Waals surface area contributed by atoms with Gasteiger partial charge in [0.15, 0.2) is 5.78 Å². The molecule has 0 fully saturated rings. The van der Waals surface area contributed by atoms with Gasteiger partial charge < -0.3 is 0 Å². The lowest BCUT2D eigenvalue weighted by molar-refractivity contribution is -0.385. The number of benzene rings is 2. The van der Waals surface area contributed by atoms with Gasteiger partial charge in [0.1, 0.15) is 0 Å². The third-order valence-electron chi connectivity index (χ3n) is 5.93. The van der Waals surface area contributed by atoms with Crippen LogP contribution in [-0.2, 0) is 9.59 Å². The van der Waals surface area contributed by atoms with Gasteiger partial charge in [-0.2, -0.15) is 0 Å². The van der Waals surface area contributed by atoms with Crippen molar-refractivity contribution >= 4 is 28.8 Å². The third-order valence-corrected chi connectivity index (χ3v) is 5.93. The Labute approximate surface area is 183 Å². The number of allylic oxidation sites excluding steroid dienone is 2. The lowest BCUT2D eigenvalue weighted by Gasteiger charge is -2.42. The summed E-state index contributed by atoms with van der Waals surface area (Å²) in [4.78, 5) is 49.5. The number of nitro groups is 2. The number of Topliss-reactive ketones (excluding diaryl/α,β-unsaturated/α-hetero) is 1. The Bertz CT molecular complexity index is 1200. The first-order valence-corrected chi connectivity index (χ1v) is 10.2. The summed E-state index contributed by atoms with van der Waals surface area (Å²) in [6, 6.07) is 11.8. The summed E-state index contributed by atoms with van der Waals surface area (Å²) in [6.07, 6.45) is 0.650. The Morgan fingerprint density at radius 1 is 0.938 bits per heavy atom. The number of carbonyl (C=O) groups is 2. The molecule has 0 spiro atoms. The zero-order chi connectivity index (χ0) is 23.2. The molecule has 2 aromatic carbocycles. The standard InChI is InChI=1S/C23H21N3O6/c1-23(2)12-19-22(20(27)13-23)18(14-5-3-7-16(9-14)25(29)30)11-21(28)24(19)15-6-4-8-17(10-15)26(31)32/h3-10,18H,11-13H2,1-2H3. The topological polar surface area (TPSA) is 124 Å². The number of nitrogens with zero attached hydrogens (tertiary/aromatic N) is 3.